The van der Waals surface area contributed by atoms with Crippen molar-refractivity contribution in [3.63, 3.8) is 0 Å². The summed E-state index contributed by atoms with van der Waals surface area (Å²) < 4.78 is 0. The molecule has 0 spiro atoms. The fraction of sp³-hybridized carbons (Fsp3) is 0.350. The van der Waals surface area contributed by atoms with E-state index in [1.807, 2.05) is 6.07 Å². The van der Waals surface area contributed by atoms with Gasteiger partial charge in [0.05, 0.1) is 0 Å². The molecule has 2 rings (SSSR count). The van der Waals surface area contributed by atoms with E-state index in [0.717, 1.165) is 17.7 Å². The van der Waals surface area contributed by atoms with Gasteiger partial charge in [0.2, 0.25) is 5.91 Å². The summed E-state index contributed by atoms with van der Waals surface area (Å²) in [6.45, 7) is 5.85. The smallest absolute Gasteiger partial charge is 0.221 e. The minimum Gasteiger partial charge on any atom is -0.326 e. The van der Waals surface area contributed by atoms with Crippen LogP contribution >= 0.6 is 0 Å². The summed E-state index contributed by atoms with van der Waals surface area (Å²) in [7, 11) is 4.18. The molecule has 0 aliphatic rings. The molecular weight excluding hydrogens is 284 g/mol. The molecule has 0 saturated heterocycles. The number of anilines is 1. The molecule has 2 aromatic rings. The fourth-order valence-electron chi connectivity index (χ4n) is 2.65. The van der Waals surface area contributed by atoms with Gasteiger partial charge < -0.3 is 10.2 Å². The van der Waals surface area contributed by atoms with Crippen LogP contribution in [0, 0.1) is 0 Å². The van der Waals surface area contributed by atoms with Gasteiger partial charge in [-0.05, 0) is 67.9 Å². The van der Waals surface area contributed by atoms with Crippen LogP contribution in [0.2, 0.25) is 0 Å². The van der Waals surface area contributed by atoms with Gasteiger partial charge in [0.1, 0.15) is 0 Å². The minimum atomic E-state index is -0.0331. The maximum atomic E-state index is 11.3. The van der Waals surface area contributed by atoms with E-state index < -0.39 is 0 Å². The van der Waals surface area contributed by atoms with Crippen LogP contribution in [0.4, 0.5) is 5.69 Å². The van der Waals surface area contributed by atoms with Gasteiger partial charge in [-0.1, -0.05) is 31.2 Å². The fourth-order valence-corrected chi connectivity index (χ4v) is 2.65. The van der Waals surface area contributed by atoms with Crippen molar-refractivity contribution < 1.29 is 4.79 Å². The van der Waals surface area contributed by atoms with Crippen LogP contribution in [-0.4, -0.2) is 24.9 Å². The third kappa shape index (κ3) is 4.20. The van der Waals surface area contributed by atoms with Gasteiger partial charge in [-0.3, -0.25) is 4.79 Å². The number of benzene rings is 2. The molecule has 0 heterocycles. The highest BCUT2D eigenvalue weighted by Crippen LogP contribution is 2.28. The van der Waals surface area contributed by atoms with Crippen molar-refractivity contribution in [2.24, 2.45) is 0 Å². The predicted molar refractivity (Wildman–Crippen MR) is 97.7 cm³/mol. The Balaban J connectivity index is 2.38. The number of carbonyl (C=O) groups excluding carboxylic acids is 1. The molecule has 3 heteroatoms. The van der Waals surface area contributed by atoms with Crippen LogP contribution in [0.1, 0.15) is 37.9 Å². The highest BCUT2D eigenvalue weighted by molar-refractivity contribution is 5.90. The summed E-state index contributed by atoms with van der Waals surface area (Å²) in [6, 6.07) is 15.3. The molecule has 0 aliphatic carbocycles. The number of carbonyl (C=O) groups is 1. The number of amides is 1. The van der Waals surface area contributed by atoms with Crippen molar-refractivity contribution in [3.05, 3.63) is 53.6 Å². The van der Waals surface area contributed by atoms with Crippen molar-refractivity contribution in [3.8, 4) is 11.1 Å². The lowest BCUT2D eigenvalue weighted by molar-refractivity contribution is -0.114. The van der Waals surface area contributed by atoms with E-state index in [-0.39, 0.29) is 5.91 Å². The lowest BCUT2D eigenvalue weighted by atomic mass is 9.97. The van der Waals surface area contributed by atoms with E-state index in [9.17, 15) is 4.79 Å². The van der Waals surface area contributed by atoms with E-state index in [4.69, 9.17) is 0 Å². The number of nitrogens with zero attached hydrogens (tertiary/aromatic N) is 1. The molecule has 0 saturated carbocycles. The number of aryl methyl sites for hydroxylation is 1. The highest BCUT2D eigenvalue weighted by atomic mass is 16.1. The SMILES string of the molecule is CCc1cc(-c2cccc([C@H](C)N(C)C)c2)ccc1NC(C)=O. The first-order valence-electron chi connectivity index (χ1n) is 8.09. The van der Waals surface area contributed by atoms with Crippen molar-refractivity contribution in [2.45, 2.75) is 33.2 Å². The molecule has 1 atom stereocenters. The van der Waals surface area contributed by atoms with Crippen molar-refractivity contribution >= 4 is 11.6 Å². The predicted octanol–water partition coefficient (Wildman–Crippen LogP) is 4.50. The van der Waals surface area contributed by atoms with Gasteiger partial charge in [-0.2, -0.15) is 0 Å². The topological polar surface area (TPSA) is 32.3 Å². The van der Waals surface area contributed by atoms with Gasteiger partial charge in [-0.25, -0.2) is 0 Å². The van der Waals surface area contributed by atoms with Gasteiger partial charge in [0.25, 0.3) is 0 Å². The Bertz CT molecular complexity index is 692. The van der Waals surface area contributed by atoms with Crippen molar-refractivity contribution in [1.82, 2.24) is 4.90 Å². The molecule has 0 radical (unpaired) electrons. The number of rotatable bonds is 5. The molecule has 0 fully saturated rings. The maximum Gasteiger partial charge on any atom is 0.221 e. The van der Waals surface area contributed by atoms with Crippen LogP contribution < -0.4 is 5.32 Å². The third-order valence-corrected chi connectivity index (χ3v) is 4.27. The molecule has 2 aromatic carbocycles. The molecule has 1 N–H and O–H groups in total. The summed E-state index contributed by atoms with van der Waals surface area (Å²) in [6.07, 6.45) is 0.886. The molecule has 122 valence electrons. The molecule has 0 unspecified atom stereocenters. The van der Waals surface area contributed by atoms with Crippen LogP contribution in [0.15, 0.2) is 42.5 Å². The van der Waals surface area contributed by atoms with E-state index in [1.165, 1.54) is 16.7 Å². The molecule has 0 bridgehead atoms. The van der Waals surface area contributed by atoms with Crippen LogP contribution in [0.25, 0.3) is 11.1 Å². The summed E-state index contributed by atoms with van der Waals surface area (Å²) in [4.78, 5) is 13.5. The van der Waals surface area contributed by atoms with Gasteiger partial charge in [0.15, 0.2) is 0 Å². The van der Waals surface area contributed by atoms with E-state index in [0.29, 0.717) is 6.04 Å². The van der Waals surface area contributed by atoms with Crippen LogP contribution in [-0.2, 0) is 11.2 Å². The monoisotopic (exact) mass is 310 g/mol. The zero-order valence-corrected chi connectivity index (χ0v) is 14.7. The van der Waals surface area contributed by atoms with Gasteiger partial charge in [0, 0.05) is 18.7 Å². The molecule has 23 heavy (non-hydrogen) atoms. The zero-order chi connectivity index (χ0) is 17.0. The Morgan fingerprint density at radius 3 is 2.43 bits per heavy atom. The largest absolute Gasteiger partial charge is 0.326 e. The highest BCUT2D eigenvalue weighted by Gasteiger charge is 2.10. The number of hydrogen-bond donors (Lipinski definition) is 1. The third-order valence-electron chi connectivity index (χ3n) is 4.27. The Kier molecular flexibility index (Phi) is 5.56. The Morgan fingerprint density at radius 2 is 1.83 bits per heavy atom. The second-order valence-electron chi connectivity index (χ2n) is 6.17. The first-order chi connectivity index (χ1) is 10.9. The summed E-state index contributed by atoms with van der Waals surface area (Å²) in [5.41, 5.74) is 5.76. The molecule has 0 aromatic heterocycles. The van der Waals surface area contributed by atoms with Crippen molar-refractivity contribution in [1.29, 1.82) is 0 Å². The summed E-state index contributed by atoms with van der Waals surface area (Å²) in [5.74, 6) is -0.0331. The van der Waals surface area contributed by atoms with Crippen LogP contribution in [0.3, 0.4) is 0 Å². The Hall–Kier alpha value is -2.13. The summed E-state index contributed by atoms with van der Waals surface area (Å²) >= 11 is 0. The normalized spacial score (nSPS) is 12.3. The maximum absolute atomic E-state index is 11.3. The first-order valence-corrected chi connectivity index (χ1v) is 8.09. The molecule has 1 amide bonds. The van der Waals surface area contributed by atoms with Gasteiger partial charge in [-0.15, -0.1) is 0 Å². The lowest BCUT2D eigenvalue weighted by Crippen LogP contribution is -2.16. The van der Waals surface area contributed by atoms with Crippen LogP contribution in [0.5, 0.6) is 0 Å². The standard InChI is InChI=1S/C20H26N2O/c1-6-16-12-19(10-11-20(16)21-15(3)23)18-9-7-8-17(13-18)14(2)22(4)5/h7-14H,6H2,1-5H3,(H,21,23)/t14-/m0/s1. The average molecular weight is 310 g/mol. The summed E-state index contributed by atoms with van der Waals surface area (Å²) in [5, 5.41) is 2.90. The van der Waals surface area contributed by atoms with Crippen molar-refractivity contribution in [2.75, 3.05) is 19.4 Å². The number of nitrogens with one attached hydrogen (secondary N) is 1. The first kappa shape index (κ1) is 17.2. The van der Waals surface area contributed by atoms with Gasteiger partial charge >= 0.3 is 0 Å². The number of hydrogen-bond acceptors (Lipinski definition) is 2. The Morgan fingerprint density at radius 1 is 1.13 bits per heavy atom. The quantitative estimate of drug-likeness (QED) is 0.882. The second kappa shape index (κ2) is 7.42. The Labute approximate surface area is 139 Å². The van der Waals surface area contributed by atoms with E-state index in [1.54, 1.807) is 6.92 Å². The second-order valence-corrected chi connectivity index (χ2v) is 6.17. The zero-order valence-electron chi connectivity index (χ0n) is 14.7. The molecule has 0 aliphatic heterocycles. The van der Waals surface area contributed by atoms with E-state index in [2.05, 4.69) is 74.6 Å². The lowest BCUT2D eigenvalue weighted by Gasteiger charge is -2.21. The van der Waals surface area contributed by atoms with E-state index >= 15 is 0 Å². The molecule has 3 nitrogen and oxygen atoms in total. The average Bonchev–Trinajstić information content (AvgIpc) is 2.54. The minimum absolute atomic E-state index is 0.0331. The molecular formula is C20H26N2O.